The van der Waals surface area contributed by atoms with Gasteiger partial charge in [-0.2, -0.15) is 0 Å². The summed E-state index contributed by atoms with van der Waals surface area (Å²) in [6.45, 7) is 13.0. The van der Waals surface area contributed by atoms with Gasteiger partial charge in [0.1, 0.15) is 29.7 Å². The van der Waals surface area contributed by atoms with E-state index >= 15 is 0 Å². The molecule has 4 heterocycles. The van der Waals surface area contributed by atoms with E-state index in [-0.39, 0.29) is 58.7 Å². The number of methoxy groups -OCH3 is 1. The van der Waals surface area contributed by atoms with Gasteiger partial charge in [-0.1, -0.05) is 39.8 Å². The molecule has 12 aliphatic rings. The fraction of sp³-hybridized carbons (Fsp3) is 0.774. The fourth-order valence-electron chi connectivity index (χ4n) is 17.0. The third-order valence-corrected chi connectivity index (χ3v) is 20.9. The van der Waals surface area contributed by atoms with Gasteiger partial charge in [-0.15, -0.1) is 20.2 Å². The number of nitrogens with zero attached hydrogens (tertiary/aromatic N) is 3. The van der Waals surface area contributed by atoms with Gasteiger partial charge < -0.3 is 49.0 Å². The van der Waals surface area contributed by atoms with Crippen molar-refractivity contribution in [3.05, 3.63) is 72.8 Å². The van der Waals surface area contributed by atoms with Crippen molar-refractivity contribution in [2.24, 2.45) is 39.9 Å². The molecule has 1 unspecified atom stereocenters. The van der Waals surface area contributed by atoms with Crippen LogP contribution in [0.2, 0.25) is 0 Å². The van der Waals surface area contributed by atoms with Crippen LogP contribution in [0.3, 0.4) is 0 Å². The molecule has 6 saturated carbocycles. The highest BCUT2D eigenvalue weighted by atomic mass is 17.0. The molecule has 14 rings (SSSR count). The molecule has 2 aromatic carbocycles. The lowest BCUT2D eigenvalue weighted by molar-refractivity contribution is -0.769. The van der Waals surface area contributed by atoms with E-state index in [1.807, 2.05) is 32.2 Å². The van der Waals surface area contributed by atoms with Crippen molar-refractivity contribution in [3.63, 3.8) is 0 Å². The summed E-state index contributed by atoms with van der Waals surface area (Å²) in [5, 5.41) is 61.6. The van der Waals surface area contributed by atoms with Gasteiger partial charge in [0, 0.05) is 42.0 Å². The molecular formula is C53H73N3O14. The number of aliphatic hydroxyl groups excluding tert-OH is 1. The van der Waals surface area contributed by atoms with E-state index in [0.717, 1.165) is 69.7 Å². The first-order valence-corrected chi connectivity index (χ1v) is 26.1. The number of hydrogen-bond acceptors (Lipinski definition) is 15. The Morgan fingerprint density at radius 2 is 1.57 bits per heavy atom. The van der Waals surface area contributed by atoms with E-state index in [1.54, 1.807) is 0 Å². The van der Waals surface area contributed by atoms with Crippen LogP contribution in [0.4, 0.5) is 0 Å². The quantitative estimate of drug-likeness (QED) is 0.155. The molecule has 0 aromatic heterocycles. The predicted molar refractivity (Wildman–Crippen MR) is 252 cm³/mol. The van der Waals surface area contributed by atoms with Crippen LogP contribution in [0, 0.1) is 60.1 Å². The van der Waals surface area contributed by atoms with Crippen LogP contribution >= 0.6 is 0 Å². The second-order valence-electron chi connectivity index (χ2n) is 24.6. The number of rotatable bonds is 8. The molecule has 16 atom stereocenters. The van der Waals surface area contributed by atoms with Gasteiger partial charge >= 0.3 is 0 Å². The molecular weight excluding hydrogens is 903 g/mol. The van der Waals surface area contributed by atoms with Gasteiger partial charge in [0.05, 0.1) is 24.9 Å². The zero-order valence-corrected chi connectivity index (χ0v) is 41.5. The van der Waals surface area contributed by atoms with E-state index in [1.165, 1.54) is 60.9 Å². The van der Waals surface area contributed by atoms with Crippen LogP contribution in [-0.2, 0) is 42.1 Å². The largest absolute Gasteiger partial charge is 0.508 e. The topological polar surface area (TPSA) is 226 Å². The molecule has 4 bridgehead atoms. The van der Waals surface area contributed by atoms with Crippen LogP contribution in [-0.4, -0.2) is 123 Å². The molecule has 3 saturated heterocycles. The van der Waals surface area contributed by atoms with Gasteiger partial charge in [-0.25, -0.2) is 0 Å². The average molecular weight is 976 g/mol. The molecule has 2 spiro atoms. The van der Waals surface area contributed by atoms with Crippen LogP contribution in [0.1, 0.15) is 133 Å². The first kappa shape index (κ1) is 48.3. The molecule has 2 aromatic rings. The van der Waals surface area contributed by atoms with Crippen molar-refractivity contribution in [1.82, 2.24) is 4.90 Å². The Bertz CT molecular complexity index is 2360. The number of phenols is 2. The van der Waals surface area contributed by atoms with Crippen molar-refractivity contribution in [3.8, 4) is 17.2 Å². The summed E-state index contributed by atoms with van der Waals surface area (Å²) in [4.78, 5) is 31.7. The second-order valence-corrected chi connectivity index (χ2v) is 24.6. The van der Waals surface area contributed by atoms with Crippen LogP contribution < -0.4 is 4.74 Å². The number of hydrogen-bond donors (Lipinski definition) is 4. The third-order valence-electron chi connectivity index (χ3n) is 20.9. The zero-order chi connectivity index (χ0) is 49.5. The van der Waals surface area contributed by atoms with E-state index in [9.17, 15) is 40.7 Å². The standard InChI is InChI=1S/C29H41NO4.C18H24O2.C6H8N2O8/c1-25(2,3)26(4,32)20-15-27-10-11-29(20,33-5)24-28(27)12-13-30(16-17-6-7-17)21(27)14-18-8-9-19(31)23(34-24)22(18)28;1-18-9-8-14-13-5-3-12(19)10-11(13)2-4-15(14)16(18)6-7-17(18)20;9-7(10)15-3-1-13-6-4(16-8(11)12)2-14-5(3)6/h8-9,17,20-21,24,31-32H,6-7,10-16H2,1-5H3;3,5,10,14-17,19-20H,2,4,6-9H2,1H3;3-6H,1-2H2/t20-,21-,24-,26-,27-,28+,29+;14-,15-,16+,17?,18+;3-,4+,5-,6-/m111/s1. The van der Waals surface area contributed by atoms with Crippen LogP contribution in [0.15, 0.2) is 30.3 Å². The average Bonchev–Trinajstić information content (AvgIpc) is 3.56. The number of aromatic hydroxyl groups is 2. The minimum atomic E-state index is -0.943. The number of benzene rings is 2. The first-order chi connectivity index (χ1) is 33.2. The summed E-state index contributed by atoms with van der Waals surface area (Å²) in [6.07, 6.45) is 11.3. The van der Waals surface area contributed by atoms with Crippen molar-refractivity contribution in [2.75, 3.05) is 33.4 Å². The number of phenolic OH excluding ortho intramolecular Hbond substituents is 2. The molecule has 4 N–H and O–H groups in total. The van der Waals surface area contributed by atoms with Gasteiger partial charge in [-0.05, 0) is 166 Å². The Hall–Kier alpha value is -4.00. The highest BCUT2D eigenvalue weighted by Gasteiger charge is 2.82. The van der Waals surface area contributed by atoms with Gasteiger partial charge in [-0.3, -0.25) is 4.90 Å². The van der Waals surface area contributed by atoms with Gasteiger partial charge in [0.2, 0.25) is 0 Å². The summed E-state index contributed by atoms with van der Waals surface area (Å²) < 4.78 is 23.7. The van der Waals surface area contributed by atoms with E-state index < -0.39 is 45.8 Å². The number of likely N-dealkylation sites (tertiary alicyclic amines) is 1. The highest BCUT2D eigenvalue weighted by Crippen LogP contribution is 2.78. The number of fused-ring (bicyclic) bond motifs is 8. The maximum absolute atomic E-state index is 12.2. The number of aliphatic hydroxyl groups is 2. The number of aryl methyl sites for hydroxylation is 1. The lowest BCUT2D eigenvalue weighted by Gasteiger charge is -2.75. The summed E-state index contributed by atoms with van der Waals surface area (Å²) in [5.41, 5.74) is 3.77. The smallest absolute Gasteiger partial charge is 0.294 e. The van der Waals surface area contributed by atoms with E-state index in [2.05, 4.69) is 54.4 Å². The maximum Gasteiger partial charge on any atom is 0.294 e. The Morgan fingerprint density at radius 3 is 2.21 bits per heavy atom. The van der Waals surface area contributed by atoms with Gasteiger partial charge in [0.25, 0.3) is 10.2 Å². The molecule has 70 heavy (non-hydrogen) atoms. The Morgan fingerprint density at radius 1 is 0.871 bits per heavy atom. The van der Waals surface area contributed by atoms with Gasteiger partial charge in [0.15, 0.2) is 23.7 Å². The monoisotopic (exact) mass is 976 g/mol. The second kappa shape index (κ2) is 16.8. The molecule has 0 amide bonds. The van der Waals surface area contributed by atoms with Crippen molar-refractivity contribution in [2.45, 2.75) is 183 Å². The minimum Gasteiger partial charge on any atom is -0.508 e. The summed E-state index contributed by atoms with van der Waals surface area (Å²) >= 11 is 0. The maximum atomic E-state index is 12.2. The number of piperidine rings is 1. The zero-order valence-electron chi connectivity index (χ0n) is 41.5. The molecule has 17 nitrogen and oxygen atoms in total. The molecule has 9 fully saturated rings. The van der Waals surface area contributed by atoms with Crippen molar-refractivity contribution in [1.29, 1.82) is 0 Å². The Kier molecular flexibility index (Phi) is 11.6. The highest BCUT2D eigenvalue weighted by molar-refractivity contribution is 5.63. The molecule has 0 radical (unpaired) electrons. The Labute approximate surface area is 409 Å². The summed E-state index contributed by atoms with van der Waals surface area (Å²) in [7, 11) is 1.83. The van der Waals surface area contributed by atoms with Crippen LogP contribution in [0.5, 0.6) is 17.2 Å². The summed E-state index contributed by atoms with van der Waals surface area (Å²) in [5.74, 6) is 4.29. The minimum absolute atomic E-state index is 0.0294. The lowest BCUT2D eigenvalue weighted by atomic mass is 9.33. The van der Waals surface area contributed by atoms with E-state index in [4.69, 9.17) is 18.9 Å². The first-order valence-electron chi connectivity index (χ1n) is 26.1. The summed E-state index contributed by atoms with van der Waals surface area (Å²) in [6, 6.07) is 10.4. The van der Waals surface area contributed by atoms with Crippen molar-refractivity contribution < 1.29 is 59.2 Å². The SMILES string of the molecule is CO[C@@]12CC[C@@]3(C[C@@H]1[C@@](C)(O)C(C)(C)C)[C@H]1Cc4ccc(O)c5c4[C@@]3(CCN1CC1CC1)[C@H]2O5.C[C@]12CC[C@@H]3c4ccc(O)cc4CC[C@H]3[C@@H]1CCC2O.O=[N+]([O-])O[C@H]1CO[C@H]2[C@@H]1OC[C@H]2O[N+](=O)[O-]. The fourth-order valence-corrected chi connectivity index (χ4v) is 17.0. The predicted octanol–water partition coefficient (Wildman–Crippen LogP) is 6.96. The Balaban J connectivity index is 0.000000126. The van der Waals surface area contributed by atoms with E-state index in [0.29, 0.717) is 29.4 Å². The van der Waals surface area contributed by atoms with Crippen LogP contribution in [0.25, 0.3) is 0 Å². The third kappa shape index (κ3) is 7.04. The molecule has 17 heteroatoms. The van der Waals surface area contributed by atoms with Crippen molar-refractivity contribution >= 4 is 0 Å². The molecule has 384 valence electrons. The normalized spacial score (nSPS) is 41.9. The number of ether oxygens (including phenoxy) is 4. The molecule has 8 aliphatic carbocycles. The lowest BCUT2D eigenvalue weighted by Crippen LogP contribution is -2.83. The molecule has 4 aliphatic heterocycles.